The topological polar surface area (TPSA) is 109 Å². The summed E-state index contributed by atoms with van der Waals surface area (Å²) < 4.78 is 1.93. The van der Waals surface area contributed by atoms with Crippen molar-refractivity contribution in [1.29, 1.82) is 0 Å². The Balaban J connectivity index is 1.91. The zero-order valence-corrected chi connectivity index (χ0v) is 17.7. The maximum Gasteiger partial charge on any atom is 0.241 e. The van der Waals surface area contributed by atoms with E-state index in [4.69, 9.17) is 16.5 Å². The van der Waals surface area contributed by atoms with Crippen LogP contribution in [-0.4, -0.2) is 24.5 Å². The Labute approximate surface area is 169 Å². The van der Waals surface area contributed by atoms with Gasteiger partial charge in [0.25, 0.3) is 0 Å². The van der Waals surface area contributed by atoms with Crippen LogP contribution in [0.2, 0.25) is 0 Å². The number of hydrogen-bond donors (Lipinski definition) is 2. The number of rotatable bonds is 14. The highest BCUT2D eigenvalue weighted by molar-refractivity contribution is 5.32. The minimum absolute atomic E-state index is 0.139. The summed E-state index contributed by atoms with van der Waals surface area (Å²) in [5, 5.41) is 0. The number of nitrogens with zero attached hydrogens (tertiary/aromatic N) is 5. The van der Waals surface area contributed by atoms with Crippen LogP contribution in [0.3, 0.4) is 0 Å². The van der Waals surface area contributed by atoms with E-state index in [0.29, 0.717) is 5.95 Å². The molecule has 0 radical (unpaired) electrons. The van der Waals surface area contributed by atoms with Crippen molar-refractivity contribution >= 4 is 11.9 Å². The molecule has 0 aliphatic rings. The summed E-state index contributed by atoms with van der Waals surface area (Å²) in [5.74, 6) is 1.73. The quantitative estimate of drug-likeness (QED) is 0.457. The van der Waals surface area contributed by atoms with E-state index in [-0.39, 0.29) is 11.9 Å². The van der Waals surface area contributed by atoms with Gasteiger partial charge >= 0.3 is 0 Å². The van der Waals surface area contributed by atoms with Gasteiger partial charge in [0.2, 0.25) is 17.8 Å². The summed E-state index contributed by atoms with van der Waals surface area (Å²) in [5.41, 5.74) is 12.6. The molecule has 4 N–H and O–H groups in total. The van der Waals surface area contributed by atoms with Gasteiger partial charge in [0, 0.05) is 12.6 Å². The highest BCUT2D eigenvalue weighted by Crippen LogP contribution is 2.16. The molecule has 2 aromatic heterocycles. The molecule has 7 heteroatoms. The number of unbranched alkanes of at least 4 members (excludes halogenated alkanes) is 9. The van der Waals surface area contributed by atoms with Crippen molar-refractivity contribution in [1.82, 2.24) is 24.5 Å². The Morgan fingerprint density at radius 2 is 1.25 bits per heavy atom. The molecular weight excluding hydrogens is 350 g/mol. The zero-order chi connectivity index (χ0) is 20.2. The van der Waals surface area contributed by atoms with E-state index in [1.165, 1.54) is 51.4 Å². The molecule has 0 amide bonds. The monoisotopic (exact) mass is 387 g/mol. The third-order valence-electron chi connectivity index (χ3n) is 4.99. The SMILES string of the molecule is CCCCCCCCCCCc1nc(CCCC)cn1-c1nc(N)nc(N)n1. The molecule has 2 aromatic rings. The third kappa shape index (κ3) is 7.44. The van der Waals surface area contributed by atoms with Crippen molar-refractivity contribution in [2.24, 2.45) is 0 Å². The van der Waals surface area contributed by atoms with Gasteiger partial charge in [0.15, 0.2) is 0 Å². The lowest BCUT2D eigenvalue weighted by molar-refractivity contribution is 0.560. The number of hydrogen-bond acceptors (Lipinski definition) is 6. The van der Waals surface area contributed by atoms with Crippen molar-refractivity contribution < 1.29 is 0 Å². The van der Waals surface area contributed by atoms with Crippen LogP contribution in [0.4, 0.5) is 11.9 Å². The summed E-state index contributed by atoms with van der Waals surface area (Å²) in [6.07, 6.45) is 17.9. The third-order valence-corrected chi connectivity index (χ3v) is 4.99. The number of anilines is 2. The molecule has 2 rings (SSSR count). The average Bonchev–Trinajstić information content (AvgIpc) is 3.07. The van der Waals surface area contributed by atoms with E-state index in [0.717, 1.165) is 43.6 Å². The van der Waals surface area contributed by atoms with Gasteiger partial charge in [-0.2, -0.15) is 15.0 Å². The molecule has 0 bridgehead atoms. The summed E-state index contributed by atoms with van der Waals surface area (Å²) in [6.45, 7) is 4.45. The van der Waals surface area contributed by atoms with Gasteiger partial charge in [-0.25, -0.2) is 4.98 Å². The number of nitrogen functional groups attached to an aromatic ring is 2. The molecule has 0 saturated heterocycles. The van der Waals surface area contributed by atoms with Crippen LogP contribution in [0.15, 0.2) is 6.20 Å². The summed E-state index contributed by atoms with van der Waals surface area (Å²) >= 11 is 0. The van der Waals surface area contributed by atoms with Crippen LogP contribution in [0.1, 0.15) is 96.0 Å². The number of aryl methyl sites for hydroxylation is 2. The zero-order valence-electron chi connectivity index (χ0n) is 17.7. The Morgan fingerprint density at radius 3 is 1.86 bits per heavy atom. The Kier molecular flexibility index (Phi) is 9.72. The maximum absolute atomic E-state index is 5.76. The molecule has 156 valence electrons. The molecule has 28 heavy (non-hydrogen) atoms. The number of nitrogens with two attached hydrogens (primary N) is 2. The highest BCUT2D eigenvalue weighted by Gasteiger charge is 2.13. The molecule has 0 aromatic carbocycles. The molecule has 0 aliphatic carbocycles. The number of imidazole rings is 1. The summed E-state index contributed by atoms with van der Waals surface area (Å²) in [6, 6.07) is 0. The molecule has 7 nitrogen and oxygen atoms in total. The second kappa shape index (κ2) is 12.3. The maximum atomic E-state index is 5.76. The summed E-state index contributed by atoms with van der Waals surface area (Å²) in [4.78, 5) is 17.2. The second-order valence-electron chi connectivity index (χ2n) is 7.55. The largest absolute Gasteiger partial charge is 0.368 e. The predicted molar refractivity (Wildman–Crippen MR) is 115 cm³/mol. The molecule has 0 aliphatic heterocycles. The normalized spacial score (nSPS) is 11.2. The minimum Gasteiger partial charge on any atom is -0.368 e. The number of aromatic nitrogens is 5. The van der Waals surface area contributed by atoms with Crippen LogP contribution < -0.4 is 11.5 Å². The fourth-order valence-electron chi connectivity index (χ4n) is 3.40. The smallest absolute Gasteiger partial charge is 0.241 e. The van der Waals surface area contributed by atoms with Gasteiger partial charge in [-0.1, -0.05) is 71.6 Å². The van der Waals surface area contributed by atoms with Crippen molar-refractivity contribution in [2.75, 3.05) is 11.5 Å². The Bertz CT molecular complexity index is 676. The van der Waals surface area contributed by atoms with E-state index in [1.54, 1.807) is 0 Å². The van der Waals surface area contributed by atoms with E-state index in [9.17, 15) is 0 Å². The second-order valence-corrected chi connectivity index (χ2v) is 7.55. The molecule has 0 fully saturated rings. The first kappa shape index (κ1) is 22.1. The first-order valence-corrected chi connectivity index (χ1v) is 11.0. The van der Waals surface area contributed by atoms with Gasteiger partial charge in [-0.3, -0.25) is 4.57 Å². The van der Waals surface area contributed by atoms with E-state index in [1.807, 2.05) is 10.8 Å². The van der Waals surface area contributed by atoms with Gasteiger partial charge in [0.1, 0.15) is 5.82 Å². The molecular formula is C21H37N7. The fraction of sp³-hybridized carbons (Fsp3) is 0.714. The lowest BCUT2D eigenvalue weighted by atomic mass is 10.1. The first-order chi connectivity index (χ1) is 13.6. The molecule has 2 heterocycles. The van der Waals surface area contributed by atoms with Gasteiger partial charge in [-0.05, 0) is 19.3 Å². The van der Waals surface area contributed by atoms with Crippen LogP contribution in [0.5, 0.6) is 0 Å². The standard InChI is InChI=1S/C21H37N7/c1-3-5-7-8-9-10-11-12-13-15-18-24-17(14-6-4-2)16-28(18)21-26-19(22)25-20(23)27-21/h16H,3-15H2,1-2H3,(H4,22,23,25,26,27). The highest BCUT2D eigenvalue weighted by atomic mass is 15.3. The van der Waals surface area contributed by atoms with E-state index < -0.39 is 0 Å². The Hall–Kier alpha value is -2.18. The van der Waals surface area contributed by atoms with Crippen LogP contribution >= 0.6 is 0 Å². The lowest BCUT2D eigenvalue weighted by Crippen LogP contribution is -2.10. The van der Waals surface area contributed by atoms with Crippen LogP contribution in [0, 0.1) is 0 Å². The van der Waals surface area contributed by atoms with E-state index >= 15 is 0 Å². The molecule has 0 saturated carbocycles. The molecule has 0 spiro atoms. The Morgan fingerprint density at radius 1 is 0.679 bits per heavy atom. The van der Waals surface area contributed by atoms with Crippen molar-refractivity contribution in [3.8, 4) is 5.95 Å². The van der Waals surface area contributed by atoms with Gasteiger partial charge < -0.3 is 11.5 Å². The predicted octanol–water partition coefficient (Wildman–Crippen LogP) is 4.64. The summed E-state index contributed by atoms with van der Waals surface area (Å²) in [7, 11) is 0. The van der Waals surface area contributed by atoms with Crippen molar-refractivity contribution in [3.05, 3.63) is 17.7 Å². The average molecular weight is 388 g/mol. The van der Waals surface area contributed by atoms with Crippen LogP contribution in [-0.2, 0) is 12.8 Å². The van der Waals surface area contributed by atoms with E-state index in [2.05, 4.69) is 28.8 Å². The van der Waals surface area contributed by atoms with Crippen molar-refractivity contribution in [2.45, 2.75) is 97.3 Å². The van der Waals surface area contributed by atoms with Crippen molar-refractivity contribution in [3.63, 3.8) is 0 Å². The fourth-order valence-corrected chi connectivity index (χ4v) is 3.40. The van der Waals surface area contributed by atoms with Gasteiger partial charge in [0.05, 0.1) is 5.69 Å². The lowest BCUT2D eigenvalue weighted by Gasteiger charge is -2.07. The molecule has 0 unspecified atom stereocenters. The molecule has 0 atom stereocenters. The first-order valence-electron chi connectivity index (χ1n) is 11.0. The van der Waals surface area contributed by atoms with Gasteiger partial charge in [-0.15, -0.1) is 0 Å². The minimum atomic E-state index is 0.139. The van der Waals surface area contributed by atoms with Crippen LogP contribution in [0.25, 0.3) is 5.95 Å².